The van der Waals surface area contributed by atoms with E-state index in [1.165, 1.54) is 0 Å². The minimum Gasteiger partial charge on any atom is -0.246 e. The van der Waals surface area contributed by atoms with Crippen LogP contribution in [0.1, 0.15) is 25.7 Å². The molecular weight excluding hydrogens is 155 g/mol. The van der Waals surface area contributed by atoms with Crippen molar-refractivity contribution < 1.29 is 12.8 Å². The van der Waals surface area contributed by atoms with Gasteiger partial charge in [0.05, 0.1) is 5.25 Å². The first-order chi connectivity index (χ1) is 4.72. The molecular formula is C6H11FO2S. The summed E-state index contributed by atoms with van der Waals surface area (Å²) < 4.78 is 33.4. The zero-order valence-corrected chi connectivity index (χ0v) is 6.52. The van der Waals surface area contributed by atoms with Crippen LogP contribution in [-0.4, -0.2) is 19.8 Å². The summed E-state index contributed by atoms with van der Waals surface area (Å²) in [5.74, 6) is 0. The van der Waals surface area contributed by atoms with E-state index in [1.54, 1.807) is 0 Å². The quantitative estimate of drug-likeness (QED) is 0.587. The first-order valence-corrected chi connectivity index (χ1v) is 4.74. The van der Waals surface area contributed by atoms with E-state index in [2.05, 4.69) is 0 Å². The van der Waals surface area contributed by atoms with Crippen molar-refractivity contribution in [2.45, 2.75) is 37.1 Å². The summed E-state index contributed by atoms with van der Waals surface area (Å²) in [7, 11) is -2.53. The molecule has 0 bridgehead atoms. The number of hydrogen-bond acceptors (Lipinski definition) is 2. The second-order valence-electron chi connectivity index (χ2n) is 2.65. The van der Waals surface area contributed by atoms with Gasteiger partial charge < -0.3 is 0 Å². The summed E-state index contributed by atoms with van der Waals surface area (Å²) >= 11 is 0. The molecule has 1 fully saturated rings. The van der Waals surface area contributed by atoms with Crippen LogP contribution in [-0.2, 0) is 10.7 Å². The summed E-state index contributed by atoms with van der Waals surface area (Å²) in [6.45, 7) is 0. The average Bonchev–Trinajstić information content (AvgIpc) is 1.88. The van der Waals surface area contributed by atoms with Crippen LogP contribution in [0.2, 0.25) is 0 Å². The highest BCUT2D eigenvalue weighted by Gasteiger charge is 2.26. The SMILES string of the molecule is O=[SH](=O)C1CCCCC1F. The van der Waals surface area contributed by atoms with Crippen LogP contribution in [0.25, 0.3) is 0 Å². The standard InChI is InChI=1S/C6H11FO2S/c7-5-3-1-2-4-6(5)10(8)9/h5-6,10H,1-4H2. The molecule has 0 aromatic heterocycles. The van der Waals surface area contributed by atoms with Crippen LogP contribution in [0, 0.1) is 0 Å². The van der Waals surface area contributed by atoms with Crippen LogP contribution in [0.3, 0.4) is 0 Å². The number of alkyl halides is 1. The minimum absolute atomic E-state index is 0.425. The van der Waals surface area contributed by atoms with E-state index < -0.39 is 22.1 Å². The molecule has 0 aromatic carbocycles. The summed E-state index contributed by atoms with van der Waals surface area (Å²) in [5, 5.41) is -0.691. The molecule has 0 N–H and O–H groups in total. The second-order valence-corrected chi connectivity index (χ2v) is 3.89. The van der Waals surface area contributed by atoms with E-state index in [9.17, 15) is 12.8 Å². The Kier molecular flexibility index (Phi) is 2.65. The van der Waals surface area contributed by atoms with Gasteiger partial charge in [0.25, 0.3) is 0 Å². The van der Waals surface area contributed by atoms with Crippen molar-refractivity contribution in [2.24, 2.45) is 0 Å². The summed E-state index contributed by atoms with van der Waals surface area (Å²) in [5.41, 5.74) is 0. The van der Waals surface area contributed by atoms with Crippen LogP contribution in [0.4, 0.5) is 4.39 Å². The maximum absolute atomic E-state index is 12.7. The Balaban J connectivity index is 2.56. The van der Waals surface area contributed by atoms with Gasteiger partial charge in [-0.15, -0.1) is 0 Å². The van der Waals surface area contributed by atoms with E-state index in [0.717, 1.165) is 12.8 Å². The highest BCUT2D eigenvalue weighted by atomic mass is 32.2. The Bertz CT molecular complexity index is 171. The van der Waals surface area contributed by atoms with E-state index in [4.69, 9.17) is 0 Å². The fourth-order valence-corrected chi connectivity index (χ4v) is 2.11. The van der Waals surface area contributed by atoms with Crippen molar-refractivity contribution in [3.63, 3.8) is 0 Å². The van der Waals surface area contributed by atoms with Crippen LogP contribution in [0.15, 0.2) is 0 Å². The number of halogens is 1. The molecule has 1 aliphatic rings. The maximum atomic E-state index is 12.7. The van der Waals surface area contributed by atoms with Crippen molar-refractivity contribution >= 4 is 10.7 Å². The second kappa shape index (κ2) is 3.32. The van der Waals surface area contributed by atoms with E-state index in [0.29, 0.717) is 12.8 Å². The molecule has 10 heavy (non-hydrogen) atoms. The number of hydrogen-bond donors (Lipinski definition) is 1. The number of rotatable bonds is 1. The molecule has 60 valence electrons. The predicted octanol–water partition coefficient (Wildman–Crippen LogP) is 0.879. The zero-order chi connectivity index (χ0) is 7.56. The third-order valence-corrected chi connectivity index (χ3v) is 3.04. The van der Waals surface area contributed by atoms with Crippen LogP contribution >= 0.6 is 0 Å². The molecule has 0 radical (unpaired) electrons. The molecule has 2 atom stereocenters. The molecule has 4 heteroatoms. The Hall–Kier alpha value is -0.120. The van der Waals surface area contributed by atoms with Gasteiger partial charge in [0.15, 0.2) is 0 Å². The van der Waals surface area contributed by atoms with Gasteiger partial charge in [-0.05, 0) is 12.8 Å². The molecule has 0 aliphatic heterocycles. The van der Waals surface area contributed by atoms with Crippen LogP contribution in [0.5, 0.6) is 0 Å². The Morgan fingerprint density at radius 2 is 1.80 bits per heavy atom. The lowest BCUT2D eigenvalue weighted by atomic mass is 9.98. The van der Waals surface area contributed by atoms with E-state index >= 15 is 0 Å². The Morgan fingerprint density at radius 3 is 2.20 bits per heavy atom. The molecule has 0 spiro atoms. The fourth-order valence-electron chi connectivity index (χ4n) is 1.30. The topological polar surface area (TPSA) is 34.1 Å². The molecule has 2 nitrogen and oxygen atoms in total. The molecule has 0 amide bonds. The normalized spacial score (nSPS) is 34.6. The minimum atomic E-state index is -2.53. The molecule has 1 rings (SSSR count). The van der Waals surface area contributed by atoms with Gasteiger partial charge in [-0.2, -0.15) is 0 Å². The first-order valence-electron chi connectivity index (χ1n) is 3.49. The van der Waals surface area contributed by atoms with Crippen molar-refractivity contribution in [3.8, 4) is 0 Å². The van der Waals surface area contributed by atoms with Gasteiger partial charge in [0, 0.05) is 0 Å². The zero-order valence-electron chi connectivity index (χ0n) is 5.62. The highest BCUT2D eigenvalue weighted by molar-refractivity contribution is 7.73. The molecule has 1 saturated carbocycles. The lowest BCUT2D eigenvalue weighted by molar-refractivity contribution is 0.255. The Labute approximate surface area is 61.4 Å². The van der Waals surface area contributed by atoms with Gasteiger partial charge >= 0.3 is 0 Å². The van der Waals surface area contributed by atoms with E-state index in [1.807, 2.05) is 0 Å². The van der Waals surface area contributed by atoms with Gasteiger partial charge in [-0.3, -0.25) is 0 Å². The van der Waals surface area contributed by atoms with Crippen molar-refractivity contribution in [2.75, 3.05) is 0 Å². The first kappa shape index (κ1) is 7.98. The summed E-state index contributed by atoms with van der Waals surface area (Å²) in [6.07, 6.45) is 1.53. The van der Waals surface area contributed by atoms with Gasteiger partial charge in [-0.25, -0.2) is 12.8 Å². The van der Waals surface area contributed by atoms with Crippen LogP contribution < -0.4 is 0 Å². The molecule has 0 saturated heterocycles. The van der Waals surface area contributed by atoms with Gasteiger partial charge in [0.2, 0.25) is 0 Å². The summed E-state index contributed by atoms with van der Waals surface area (Å²) in [6, 6.07) is 0. The van der Waals surface area contributed by atoms with Crippen molar-refractivity contribution in [3.05, 3.63) is 0 Å². The molecule has 0 aromatic rings. The average molecular weight is 166 g/mol. The summed E-state index contributed by atoms with van der Waals surface area (Å²) in [4.78, 5) is 0. The highest BCUT2D eigenvalue weighted by Crippen LogP contribution is 2.22. The smallest absolute Gasteiger partial charge is 0.145 e. The maximum Gasteiger partial charge on any atom is 0.145 e. The van der Waals surface area contributed by atoms with Gasteiger partial charge in [0.1, 0.15) is 16.9 Å². The number of thiol groups is 1. The Morgan fingerprint density at radius 1 is 1.20 bits per heavy atom. The fraction of sp³-hybridized carbons (Fsp3) is 1.00. The monoisotopic (exact) mass is 166 g/mol. The van der Waals surface area contributed by atoms with Crippen molar-refractivity contribution in [1.29, 1.82) is 0 Å². The predicted molar refractivity (Wildman–Crippen MR) is 37.5 cm³/mol. The largest absolute Gasteiger partial charge is 0.246 e. The van der Waals surface area contributed by atoms with Crippen molar-refractivity contribution in [1.82, 2.24) is 0 Å². The molecule has 1 aliphatic carbocycles. The lowest BCUT2D eigenvalue weighted by Gasteiger charge is -2.20. The molecule has 2 unspecified atom stereocenters. The molecule has 0 heterocycles. The third-order valence-electron chi connectivity index (χ3n) is 1.92. The van der Waals surface area contributed by atoms with E-state index in [-0.39, 0.29) is 0 Å². The lowest BCUT2D eigenvalue weighted by Crippen LogP contribution is -2.27. The van der Waals surface area contributed by atoms with Gasteiger partial charge in [-0.1, -0.05) is 12.8 Å². The third kappa shape index (κ3) is 1.68.